The van der Waals surface area contributed by atoms with Crippen LogP contribution < -0.4 is 5.73 Å². The van der Waals surface area contributed by atoms with Crippen LogP contribution >= 0.6 is 12.6 Å². The molecule has 1 atom stereocenters. The molecule has 0 saturated heterocycles. The lowest BCUT2D eigenvalue weighted by molar-refractivity contribution is 0.110. The summed E-state index contributed by atoms with van der Waals surface area (Å²) in [6.07, 6.45) is 2.94. The second-order valence-electron chi connectivity index (χ2n) is 6.46. The Bertz CT molecular complexity index is 926. The van der Waals surface area contributed by atoms with Gasteiger partial charge in [0.1, 0.15) is 5.82 Å². The Labute approximate surface area is 181 Å². The van der Waals surface area contributed by atoms with Crippen LogP contribution in [0.25, 0.3) is 0 Å². The van der Waals surface area contributed by atoms with Gasteiger partial charge in [0.05, 0.1) is 18.0 Å². The maximum Gasteiger partial charge on any atom is 0.185 e. The van der Waals surface area contributed by atoms with Crippen molar-refractivity contribution < 1.29 is 13.6 Å². The van der Waals surface area contributed by atoms with E-state index in [-0.39, 0.29) is 11.9 Å². The fourth-order valence-electron chi connectivity index (χ4n) is 2.84. The van der Waals surface area contributed by atoms with Crippen molar-refractivity contribution in [2.75, 3.05) is 18.5 Å². The van der Waals surface area contributed by atoms with Crippen molar-refractivity contribution in [2.45, 2.75) is 19.4 Å². The molecule has 1 unspecified atom stereocenters. The Balaban J connectivity index is 0.000000266. The Hall–Kier alpha value is -3.06. The molecule has 30 heavy (non-hydrogen) atoms. The van der Waals surface area contributed by atoms with Crippen molar-refractivity contribution in [1.29, 1.82) is 0 Å². The van der Waals surface area contributed by atoms with Crippen LogP contribution in [0.5, 0.6) is 0 Å². The number of carbonyl (C=O) groups is 1. The largest absolute Gasteiger partial charge is 0.462 e. The van der Waals surface area contributed by atoms with E-state index in [1.54, 1.807) is 12.1 Å². The standard InChI is InChI=1S/C16H16FN3.C5H4O2.C2H6S/c1-20-16(12-2-6-13(17)7-3-12)10-15(19-20)11-4-8-14(18)9-5-11;6-4-5-2-1-3-7-5;1-2-3/h2-9,16H,10,18H2,1H3;1-4H;3H,2H2,1H3. The van der Waals surface area contributed by atoms with Crippen LogP contribution in [0.1, 0.15) is 41.1 Å². The molecule has 0 saturated carbocycles. The number of benzene rings is 2. The molecule has 5 nitrogen and oxygen atoms in total. The van der Waals surface area contributed by atoms with Crippen molar-refractivity contribution in [3.8, 4) is 0 Å². The molecule has 7 heteroatoms. The molecule has 2 heterocycles. The fraction of sp³-hybridized carbons (Fsp3) is 0.217. The summed E-state index contributed by atoms with van der Waals surface area (Å²) in [4.78, 5) is 9.77. The van der Waals surface area contributed by atoms with Gasteiger partial charge in [0.25, 0.3) is 0 Å². The summed E-state index contributed by atoms with van der Waals surface area (Å²) >= 11 is 3.79. The van der Waals surface area contributed by atoms with E-state index >= 15 is 0 Å². The molecule has 158 valence electrons. The Morgan fingerprint density at radius 3 is 2.33 bits per heavy atom. The second kappa shape index (κ2) is 11.8. The van der Waals surface area contributed by atoms with Crippen LogP contribution in [0.15, 0.2) is 76.4 Å². The summed E-state index contributed by atoms with van der Waals surface area (Å²) in [5.41, 5.74) is 9.63. The fourth-order valence-corrected chi connectivity index (χ4v) is 2.84. The lowest BCUT2D eigenvalue weighted by Gasteiger charge is -2.18. The number of rotatable bonds is 3. The van der Waals surface area contributed by atoms with E-state index in [2.05, 4.69) is 22.1 Å². The normalized spacial score (nSPS) is 14.7. The lowest BCUT2D eigenvalue weighted by atomic mass is 9.98. The van der Waals surface area contributed by atoms with E-state index in [9.17, 15) is 9.18 Å². The number of hydrogen-bond donors (Lipinski definition) is 2. The van der Waals surface area contributed by atoms with Crippen molar-refractivity contribution in [3.63, 3.8) is 0 Å². The van der Waals surface area contributed by atoms with Crippen LogP contribution in [-0.2, 0) is 0 Å². The van der Waals surface area contributed by atoms with Crippen LogP contribution in [0.3, 0.4) is 0 Å². The van der Waals surface area contributed by atoms with E-state index < -0.39 is 0 Å². The molecule has 4 rings (SSSR count). The average molecular weight is 428 g/mol. The zero-order valence-electron chi connectivity index (χ0n) is 17.0. The molecule has 2 N–H and O–H groups in total. The number of aldehydes is 1. The lowest BCUT2D eigenvalue weighted by Crippen LogP contribution is -2.13. The Morgan fingerprint density at radius 2 is 1.83 bits per heavy atom. The molecule has 0 fully saturated rings. The van der Waals surface area contributed by atoms with Gasteiger partial charge in [-0.2, -0.15) is 17.7 Å². The van der Waals surface area contributed by atoms with Gasteiger partial charge in [-0.05, 0) is 53.3 Å². The van der Waals surface area contributed by atoms with E-state index in [4.69, 9.17) is 5.73 Å². The Morgan fingerprint density at radius 1 is 1.20 bits per heavy atom. The number of hydrogen-bond acceptors (Lipinski definition) is 6. The van der Waals surface area contributed by atoms with Crippen LogP contribution in [0.4, 0.5) is 10.1 Å². The maximum absolute atomic E-state index is 13.0. The molecule has 0 aliphatic carbocycles. The predicted molar refractivity (Wildman–Crippen MR) is 123 cm³/mol. The number of nitrogens with zero attached hydrogens (tertiary/aromatic N) is 2. The number of nitrogens with two attached hydrogens (primary N) is 1. The van der Waals surface area contributed by atoms with Crippen molar-refractivity contribution in [1.82, 2.24) is 5.01 Å². The van der Waals surface area contributed by atoms with E-state index in [1.807, 2.05) is 55.4 Å². The molecular formula is C23H26FN3O2S. The summed E-state index contributed by atoms with van der Waals surface area (Å²) < 4.78 is 17.6. The summed E-state index contributed by atoms with van der Waals surface area (Å²) in [7, 11) is 1.94. The number of hydrazone groups is 1. The van der Waals surface area contributed by atoms with Gasteiger partial charge >= 0.3 is 0 Å². The van der Waals surface area contributed by atoms with Crippen molar-refractivity contribution in [2.24, 2.45) is 5.10 Å². The van der Waals surface area contributed by atoms with Gasteiger partial charge in [0.2, 0.25) is 0 Å². The van der Waals surface area contributed by atoms with Gasteiger partial charge in [0, 0.05) is 19.2 Å². The zero-order chi connectivity index (χ0) is 21.9. The summed E-state index contributed by atoms with van der Waals surface area (Å²) in [6.45, 7) is 1.99. The minimum atomic E-state index is -0.214. The highest BCUT2D eigenvalue weighted by Gasteiger charge is 2.25. The van der Waals surface area contributed by atoms with Crippen LogP contribution in [0.2, 0.25) is 0 Å². The number of carbonyl (C=O) groups excluding carboxylic acids is 1. The number of halogens is 1. The number of thiol groups is 1. The van der Waals surface area contributed by atoms with Crippen LogP contribution in [0, 0.1) is 5.82 Å². The van der Waals surface area contributed by atoms with Crippen LogP contribution in [-0.4, -0.2) is 29.8 Å². The molecule has 0 radical (unpaired) electrons. The minimum Gasteiger partial charge on any atom is -0.462 e. The first-order valence-corrected chi connectivity index (χ1v) is 10.1. The Kier molecular flexibility index (Phi) is 9.15. The third-order valence-electron chi connectivity index (χ3n) is 4.27. The topological polar surface area (TPSA) is 71.8 Å². The van der Waals surface area contributed by atoms with E-state index in [0.29, 0.717) is 12.0 Å². The molecule has 1 aliphatic rings. The molecule has 1 aliphatic heterocycles. The minimum absolute atomic E-state index is 0.156. The first-order chi connectivity index (χ1) is 14.5. The number of furan rings is 1. The van der Waals surface area contributed by atoms with E-state index in [0.717, 1.165) is 34.7 Å². The van der Waals surface area contributed by atoms with Crippen molar-refractivity contribution >= 4 is 30.3 Å². The highest BCUT2D eigenvalue weighted by Crippen LogP contribution is 2.31. The summed E-state index contributed by atoms with van der Waals surface area (Å²) in [5, 5.41) is 6.51. The van der Waals surface area contributed by atoms with E-state index in [1.165, 1.54) is 18.4 Å². The van der Waals surface area contributed by atoms with Gasteiger partial charge in [-0.1, -0.05) is 31.2 Å². The maximum atomic E-state index is 13.0. The highest BCUT2D eigenvalue weighted by molar-refractivity contribution is 7.80. The highest BCUT2D eigenvalue weighted by atomic mass is 32.1. The SMILES string of the molecule is CCS.CN1N=C(c2ccc(N)cc2)CC1c1ccc(F)cc1.O=Cc1ccco1. The smallest absolute Gasteiger partial charge is 0.185 e. The molecule has 0 amide bonds. The van der Waals surface area contributed by atoms with Gasteiger partial charge in [-0.25, -0.2) is 4.39 Å². The zero-order valence-corrected chi connectivity index (χ0v) is 17.9. The number of nitrogen functional groups attached to an aromatic ring is 1. The van der Waals surface area contributed by atoms with Crippen molar-refractivity contribution in [3.05, 3.63) is 89.6 Å². The molecule has 0 spiro atoms. The van der Waals surface area contributed by atoms with Gasteiger partial charge in [-0.15, -0.1) is 0 Å². The first kappa shape index (κ1) is 23.2. The van der Waals surface area contributed by atoms with Gasteiger partial charge in [-0.3, -0.25) is 9.80 Å². The monoisotopic (exact) mass is 427 g/mol. The third-order valence-corrected chi connectivity index (χ3v) is 4.27. The first-order valence-electron chi connectivity index (χ1n) is 9.49. The predicted octanol–water partition coefficient (Wildman–Crippen LogP) is 5.22. The molecule has 3 aromatic rings. The summed E-state index contributed by atoms with van der Waals surface area (Å²) in [6, 6.07) is 17.8. The molecule has 0 bridgehead atoms. The molecule has 1 aromatic heterocycles. The summed E-state index contributed by atoms with van der Waals surface area (Å²) in [5.74, 6) is 1.11. The van der Waals surface area contributed by atoms with Gasteiger partial charge in [0.15, 0.2) is 12.0 Å². The average Bonchev–Trinajstić information content (AvgIpc) is 3.40. The quantitative estimate of drug-likeness (QED) is 0.342. The third kappa shape index (κ3) is 6.77. The number of anilines is 1. The molecule has 2 aromatic carbocycles. The van der Waals surface area contributed by atoms with Gasteiger partial charge < -0.3 is 10.2 Å². The molecular weight excluding hydrogens is 401 g/mol. The second-order valence-corrected chi connectivity index (χ2v) is 7.10.